The largest absolute Gasteiger partial charge is 0.496 e. The van der Waals surface area contributed by atoms with E-state index in [0.29, 0.717) is 29.8 Å². The van der Waals surface area contributed by atoms with Crippen LogP contribution in [-0.4, -0.2) is 20.8 Å². The minimum atomic E-state index is -0.276. The maximum atomic E-state index is 13.9. The highest BCUT2D eigenvalue weighted by Crippen LogP contribution is 2.25. The SMILES string of the molecule is COCc1c(OC)ccc(CCN)c1F. The first-order chi connectivity index (χ1) is 7.24. The molecule has 0 radical (unpaired) electrons. The van der Waals surface area contributed by atoms with Gasteiger partial charge in [-0.1, -0.05) is 6.07 Å². The second kappa shape index (κ2) is 5.68. The Kier molecular flexibility index (Phi) is 4.52. The average molecular weight is 213 g/mol. The maximum absolute atomic E-state index is 13.9. The van der Waals surface area contributed by atoms with E-state index in [1.165, 1.54) is 14.2 Å². The number of rotatable bonds is 5. The minimum Gasteiger partial charge on any atom is -0.496 e. The molecule has 0 atom stereocenters. The lowest BCUT2D eigenvalue weighted by Gasteiger charge is -2.11. The van der Waals surface area contributed by atoms with Crippen molar-refractivity contribution in [1.82, 2.24) is 0 Å². The molecule has 1 rings (SSSR count). The van der Waals surface area contributed by atoms with Crippen molar-refractivity contribution < 1.29 is 13.9 Å². The Balaban J connectivity index is 3.10. The minimum absolute atomic E-state index is 0.202. The number of nitrogens with two attached hydrogens (primary N) is 1. The van der Waals surface area contributed by atoms with Gasteiger partial charge in [0.1, 0.15) is 11.6 Å². The van der Waals surface area contributed by atoms with Crippen molar-refractivity contribution in [3.63, 3.8) is 0 Å². The van der Waals surface area contributed by atoms with Crippen molar-refractivity contribution in [2.24, 2.45) is 5.73 Å². The fraction of sp³-hybridized carbons (Fsp3) is 0.455. The van der Waals surface area contributed by atoms with Crippen LogP contribution in [0.3, 0.4) is 0 Å². The second-order valence-corrected chi connectivity index (χ2v) is 3.19. The maximum Gasteiger partial charge on any atom is 0.135 e. The number of hydrogen-bond donors (Lipinski definition) is 1. The van der Waals surface area contributed by atoms with Gasteiger partial charge in [0.25, 0.3) is 0 Å². The lowest BCUT2D eigenvalue weighted by molar-refractivity contribution is 0.177. The molecule has 3 nitrogen and oxygen atoms in total. The molecule has 15 heavy (non-hydrogen) atoms. The van der Waals surface area contributed by atoms with Gasteiger partial charge < -0.3 is 15.2 Å². The summed E-state index contributed by atoms with van der Waals surface area (Å²) >= 11 is 0. The van der Waals surface area contributed by atoms with Crippen LogP contribution in [0.5, 0.6) is 5.75 Å². The molecule has 4 heteroatoms. The predicted molar refractivity (Wildman–Crippen MR) is 56.4 cm³/mol. The molecule has 0 fully saturated rings. The van der Waals surface area contributed by atoms with Crippen LogP contribution < -0.4 is 10.5 Å². The van der Waals surface area contributed by atoms with Crippen molar-refractivity contribution >= 4 is 0 Å². The molecule has 2 N–H and O–H groups in total. The second-order valence-electron chi connectivity index (χ2n) is 3.19. The first-order valence-corrected chi connectivity index (χ1v) is 4.77. The summed E-state index contributed by atoms with van der Waals surface area (Å²) in [5, 5.41) is 0. The molecule has 1 aromatic carbocycles. The van der Waals surface area contributed by atoms with Gasteiger partial charge in [-0.05, 0) is 24.6 Å². The monoisotopic (exact) mass is 213 g/mol. The Morgan fingerprint density at radius 2 is 2.07 bits per heavy atom. The molecule has 0 saturated heterocycles. The lowest BCUT2D eigenvalue weighted by Crippen LogP contribution is -2.07. The zero-order valence-corrected chi connectivity index (χ0v) is 9.05. The van der Waals surface area contributed by atoms with E-state index in [2.05, 4.69) is 0 Å². The third-order valence-electron chi connectivity index (χ3n) is 2.20. The molecule has 84 valence electrons. The van der Waals surface area contributed by atoms with E-state index >= 15 is 0 Å². The van der Waals surface area contributed by atoms with Crippen LogP contribution in [0, 0.1) is 5.82 Å². The van der Waals surface area contributed by atoms with Crippen LogP contribution in [0.15, 0.2) is 12.1 Å². The Labute approximate surface area is 89.0 Å². The van der Waals surface area contributed by atoms with Crippen molar-refractivity contribution in [2.75, 3.05) is 20.8 Å². The lowest BCUT2D eigenvalue weighted by atomic mass is 10.1. The summed E-state index contributed by atoms with van der Waals surface area (Å²) in [5.74, 6) is 0.233. The van der Waals surface area contributed by atoms with Crippen LogP contribution in [0.25, 0.3) is 0 Å². The van der Waals surface area contributed by atoms with E-state index in [9.17, 15) is 4.39 Å². The summed E-state index contributed by atoms with van der Waals surface area (Å²) in [4.78, 5) is 0. The highest BCUT2D eigenvalue weighted by molar-refractivity contribution is 5.38. The molecule has 1 aromatic rings. The molecule has 0 heterocycles. The standard InChI is InChI=1S/C11H16FNO2/c1-14-7-9-10(15-2)4-3-8(5-6-13)11(9)12/h3-4H,5-7,13H2,1-2H3. The van der Waals surface area contributed by atoms with Crippen LogP contribution in [0.1, 0.15) is 11.1 Å². The quantitative estimate of drug-likeness (QED) is 0.805. The predicted octanol–water partition coefficient (Wildman–Crippen LogP) is 1.48. The van der Waals surface area contributed by atoms with Gasteiger partial charge in [0.05, 0.1) is 19.3 Å². The van der Waals surface area contributed by atoms with Crippen molar-refractivity contribution in [1.29, 1.82) is 0 Å². The molecule has 0 aliphatic heterocycles. The van der Waals surface area contributed by atoms with Gasteiger partial charge in [-0.3, -0.25) is 0 Å². The van der Waals surface area contributed by atoms with Crippen molar-refractivity contribution in [3.05, 3.63) is 29.1 Å². The van der Waals surface area contributed by atoms with Gasteiger partial charge in [0.2, 0.25) is 0 Å². The van der Waals surface area contributed by atoms with Crippen molar-refractivity contribution in [3.8, 4) is 5.75 Å². The van der Waals surface area contributed by atoms with E-state index in [0.717, 1.165) is 0 Å². The third kappa shape index (κ3) is 2.67. The highest BCUT2D eigenvalue weighted by Gasteiger charge is 2.13. The van der Waals surface area contributed by atoms with Gasteiger partial charge in [-0.15, -0.1) is 0 Å². The molecule has 0 aromatic heterocycles. The number of ether oxygens (including phenoxy) is 2. The summed E-state index contributed by atoms with van der Waals surface area (Å²) in [5.41, 5.74) is 6.45. The Morgan fingerprint density at radius 1 is 1.33 bits per heavy atom. The van der Waals surface area contributed by atoms with Crippen molar-refractivity contribution in [2.45, 2.75) is 13.0 Å². The van der Waals surface area contributed by atoms with E-state index in [1.54, 1.807) is 12.1 Å². The molecule has 0 unspecified atom stereocenters. The molecule has 0 amide bonds. The third-order valence-corrected chi connectivity index (χ3v) is 2.20. The summed E-state index contributed by atoms with van der Waals surface area (Å²) in [6, 6.07) is 3.43. The summed E-state index contributed by atoms with van der Waals surface area (Å²) in [6.07, 6.45) is 0.520. The summed E-state index contributed by atoms with van der Waals surface area (Å²) in [6.45, 7) is 0.628. The number of methoxy groups -OCH3 is 2. The molecule has 0 aliphatic rings. The van der Waals surface area contributed by atoms with E-state index in [4.69, 9.17) is 15.2 Å². The van der Waals surface area contributed by atoms with Gasteiger partial charge >= 0.3 is 0 Å². The number of benzene rings is 1. The Morgan fingerprint density at radius 3 is 2.60 bits per heavy atom. The van der Waals surface area contributed by atoms with Gasteiger partial charge in [0.15, 0.2) is 0 Å². The zero-order valence-electron chi connectivity index (χ0n) is 9.05. The molecule has 0 spiro atoms. The molecular formula is C11H16FNO2. The van der Waals surface area contributed by atoms with Crippen LogP contribution in [0.4, 0.5) is 4.39 Å². The first-order valence-electron chi connectivity index (χ1n) is 4.77. The zero-order chi connectivity index (χ0) is 11.3. The van der Waals surface area contributed by atoms with E-state index in [-0.39, 0.29) is 12.4 Å². The molecular weight excluding hydrogens is 197 g/mol. The van der Waals surface area contributed by atoms with Crippen LogP contribution in [0.2, 0.25) is 0 Å². The molecule has 0 bridgehead atoms. The van der Waals surface area contributed by atoms with Gasteiger partial charge in [0, 0.05) is 7.11 Å². The van der Waals surface area contributed by atoms with Gasteiger partial charge in [-0.2, -0.15) is 0 Å². The van der Waals surface area contributed by atoms with E-state index < -0.39 is 0 Å². The first kappa shape index (κ1) is 11.9. The van der Waals surface area contributed by atoms with Crippen LogP contribution in [-0.2, 0) is 17.8 Å². The van der Waals surface area contributed by atoms with Gasteiger partial charge in [-0.25, -0.2) is 4.39 Å². The Hall–Kier alpha value is -1.13. The summed E-state index contributed by atoms with van der Waals surface area (Å²) in [7, 11) is 3.03. The smallest absolute Gasteiger partial charge is 0.135 e. The van der Waals surface area contributed by atoms with Crippen LogP contribution >= 0.6 is 0 Å². The summed E-state index contributed by atoms with van der Waals surface area (Å²) < 4.78 is 23.9. The normalized spacial score (nSPS) is 10.4. The highest BCUT2D eigenvalue weighted by atomic mass is 19.1. The topological polar surface area (TPSA) is 44.5 Å². The fourth-order valence-corrected chi connectivity index (χ4v) is 1.47. The Bertz CT molecular complexity index is 329. The average Bonchev–Trinajstić information content (AvgIpc) is 2.25. The van der Waals surface area contributed by atoms with E-state index in [1.807, 2.05) is 0 Å². The molecule has 0 saturated carbocycles. The fourth-order valence-electron chi connectivity index (χ4n) is 1.47. The number of hydrogen-bond acceptors (Lipinski definition) is 3. The number of halogens is 1. The molecule has 0 aliphatic carbocycles.